The summed E-state index contributed by atoms with van der Waals surface area (Å²) in [7, 11) is 0. The normalized spacial score (nSPS) is 12.1. The molecule has 1 rings (SSSR count). The first-order chi connectivity index (χ1) is 8.61. The number of aliphatic hydroxyl groups excluding tert-OH is 2. The molecule has 1 aromatic carbocycles. The van der Waals surface area contributed by atoms with E-state index in [4.69, 9.17) is 11.6 Å². The van der Waals surface area contributed by atoms with Crippen LogP contribution in [0.3, 0.4) is 0 Å². The first kappa shape index (κ1) is 15.5. The number of aliphatic hydroxyl groups is 2. The summed E-state index contributed by atoms with van der Waals surface area (Å²) in [6.07, 6.45) is 2.89. The second-order valence-corrected chi connectivity index (χ2v) is 5.43. The van der Waals surface area contributed by atoms with Crippen molar-refractivity contribution in [1.29, 1.82) is 0 Å². The fourth-order valence-corrected chi connectivity index (χ4v) is 2.62. The van der Waals surface area contributed by atoms with Crippen LogP contribution in [0.25, 0.3) is 0 Å². The third-order valence-corrected chi connectivity index (χ3v) is 4.11. The maximum absolute atomic E-state index is 9.76. The molecule has 0 aliphatic heterocycles. The Kier molecular flexibility index (Phi) is 6.13. The van der Waals surface area contributed by atoms with Gasteiger partial charge in [-0.05, 0) is 30.0 Å². The van der Waals surface area contributed by atoms with Crippen LogP contribution >= 0.6 is 11.6 Å². The molecule has 0 heterocycles. The van der Waals surface area contributed by atoms with Crippen molar-refractivity contribution in [2.75, 3.05) is 13.2 Å². The van der Waals surface area contributed by atoms with Crippen LogP contribution in [0.15, 0.2) is 24.3 Å². The summed E-state index contributed by atoms with van der Waals surface area (Å²) in [5.41, 5.74) is 0.341. The number of rotatable bonds is 7. The molecule has 1 aromatic rings. The number of hydrogen-bond acceptors (Lipinski definition) is 2. The molecule has 0 aromatic heterocycles. The van der Waals surface area contributed by atoms with Crippen molar-refractivity contribution >= 4 is 11.6 Å². The molecular weight excluding hydrogens is 248 g/mol. The number of halogens is 1. The van der Waals surface area contributed by atoms with Gasteiger partial charge in [0, 0.05) is 10.4 Å². The van der Waals surface area contributed by atoms with Crippen molar-refractivity contribution in [1.82, 2.24) is 0 Å². The van der Waals surface area contributed by atoms with E-state index in [0.717, 1.165) is 24.8 Å². The number of hydrogen-bond donors (Lipinski definition) is 2. The van der Waals surface area contributed by atoms with Gasteiger partial charge in [-0.25, -0.2) is 0 Å². The monoisotopic (exact) mass is 270 g/mol. The van der Waals surface area contributed by atoms with Crippen LogP contribution in [-0.4, -0.2) is 23.4 Å². The molecule has 0 saturated heterocycles. The van der Waals surface area contributed by atoms with Gasteiger partial charge in [-0.15, -0.1) is 0 Å². The zero-order valence-electron chi connectivity index (χ0n) is 11.2. The Hall–Kier alpha value is -0.570. The highest BCUT2D eigenvalue weighted by Gasteiger charge is 2.33. The van der Waals surface area contributed by atoms with Crippen LogP contribution in [-0.2, 0) is 5.41 Å². The molecule has 3 heteroatoms. The highest BCUT2D eigenvalue weighted by Crippen LogP contribution is 2.34. The second kappa shape index (κ2) is 7.13. The zero-order valence-corrected chi connectivity index (χ0v) is 12.0. The minimum Gasteiger partial charge on any atom is -0.395 e. The van der Waals surface area contributed by atoms with Gasteiger partial charge in [0.1, 0.15) is 0 Å². The largest absolute Gasteiger partial charge is 0.395 e. The Morgan fingerprint density at radius 2 is 1.78 bits per heavy atom. The quantitative estimate of drug-likeness (QED) is 0.797. The van der Waals surface area contributed by atoms with Crippen molar-refractivity contribution in [3.05, 3.63) is 34.9 Å². The van der Waals surface area contributed by atoms with E-state index < -0.39 is 5.41 Å². The van der Waals surface area contributed by atoms with E-state index in [1.807, 2.05) is 24.3 Å². The topological polar surface area (TPSA) is 40.5 Å². The summed E-state index contributed by atoms with van der Waals surface area (Å²) in [5.74, 6) is 0.503. The standard InChI is InChI=1S/C15H23ClO2/c1-3-12(4-2)9-15(10-17,11-18)13-6-5-7-14(16)8-13/h5-8,12,17-18H,3-4,9-11H2,1-2H3. The van der Waals surface area contributed by atoms with E-state index in [1.54, 1.807) is 0 Å². The third kappa shape index (κ3) is 3.47. The average Bonchev–Trinajstić information content (AvgIpc) is 2.41. The van der Waals surface area contributed by atoms with Crippen molar-refractivity contribution in [2.45, 2.75) is 38.5 Å². The summed E-state index contributed by atoms with van der Waals surface area (Å²) < 4.78 is 0. The first-order valence-corrected chi connectivity index (χ1v) is 6.97. The molecule has 102 valence electrons. The third-order valence-electron chi connectivity index (χ3n) is 3.88. The molecule has 18 heavy (non-hydrogen) atoms. The molecule has 0 atom stereocenters. The van der Waals surface area contributed by atoms with E-state index >= 15 is 0 Å². The highest BCUT2D eigenvalue weighted by molar-refractivity contribution is 6.30. The van der Waals surface area contributed by atoms with Crippen LogP contribution in [0.4, 0.5) is 0 Å². The second-order valence-electron chi connectivity index (χ2n) is 4.99. The fraction of sp³-hybridized carbons (Fsp3) is 0.600. The molecule has 0 unspecified atom stereocenters. The molecule has 0 aliphatic carbocycles. The molecule has 0 saturated carbocycles. The van der Waals surface area contributed by atoms with Gasteiger partial charge in [-0.3, -0.25) is 0 Å². The summed E-state index contributed by atoms with van der Waals surface area (Å²) in [6.45, 7) is 4.18. The molecule has 0 fully saturated rings. The summed E-state index contributed by atoms with van der Waals surface area (Å²) in [4.78, 5) is 0. The molecule has 0 radical (unpaired) electrons. The lowest BCUT2D eigenvalue weighted by Gasteiger charge is -2.33. The van der Waals surface area contributed by atoms with Crippen LogP contribution in [0.1, 0.15) is 38.7 Å². The molecule has 0 bridgehead atoms. The smallest absolute Gasteiger partial charge is 0.0550 e. The molecule has 0 amide bonds. The number of benzene rings is 1. The van der Waals surface area contributed by atoms with Crippen LogP contribution < -0.4 is 0 Å². The van der Waals surface area contributed by atoms with Crippen molar-refractivity contribution in [3.8, 4) is 0 Å². The Labute approximate surface area is 115 Å². The van der Waals surface area contributed by atoms with E-state index in [2.05, 4.69) is 13.8 Å². The molecule has 0 aliphatic rings. The van der Waals surface area contributed by atoms with Gasteiger partial charge >= 0.3 is 0 Å². The lowest BCUT2D eigenvalue weighted by atomic mass is 9.73. The lowest BCUT2D eigenvalue weighted by molar-refractivity contribution is 0.0934. The Balaban J connectivity index is 3.06. The zero-order chi connectivity index (χ0) is 13.6. The van der Waals surface area contributed by atoms with E-state index in [-0.39, 0.29) is 13.2 Å². The summed E-state index contributed by atoms with van der Waals surface area (Å²) in [5, 5.41) is 20.2. The molecule has 2 N–H and O–H groups in total. The Morgan fingerprint density at radius 3 is 2.22 bits per heavy atom. The predicted molar refractivity (Wildman–Crippen MR) is 76.0 cm³/mol. The minimum atomic E-state index is -0.582. The predicted octanol–water partition coefficient (Wildman–Crippen LogP) is 3.39. The maximum atomic E-state index is 9.76. The highest BCUT2D eigenvalue weighted by atomic mass is 35.5. The lowest BCUT2D eigenvalue weighted by Crippen LogP contribution is -2.37. The van der Waals surface area contributed by atoms with Gasteiger partial charge in [-0.2, -0.15) is 0 Å². The van der Waals surface area contributed by atoms with Crippen LogP contribution in [0.2, 0.25) is 5.02 Å². The van der Waals surface area contributed by atoms with Crippen LogP contribution in [0, 0.1) is 5.92 Å². The average molecular weight is 271 g/mol. The van der Waals surface area contributed by atoms with Gasteiger partial charge in [0.05, 0.1) is 13.2 Å². The van der Waals surface area contributed by atoms with Gasteiger partial charge in [0.2, 0.25) is 0 Å². The SMILES string of the molecule is CCC(CC)CC(CO)(CO)c1cccc(Cl)c1. The maximum Gasteiger partial charge on any atom is 0.0550 e. The Bertz CT molecular complexity index is 357. The van der Waals surface area contributed by atoms with Gasteiger partial charge < -0.3 is 10.2 Å². The van der Waals surface area contributed by atoms with Gasteiger partial charge in [0.25, 0.3) is 0 Å². The van der Waals surface area contributed by atoms with Gasteiger partial charge in [-0.1, -0.05) is 50.4 Å². The molecular formula is C15H23ClO2. The van der Waals surface area contributed by atoms with Crippen molar-refractivity contribution in [2.24, 2.45) is 5.92 Å². The minimum absolute atomic E-state index is 0.0552. The first-order valence-electron chi connectivity index (χ1n) is 6.59. The van der Waals surface area contributed by atoms with Crippen molar-refractivity contribution < 1.29 is 10.2 Å². The van der Waals surface area contributed by atoms with E-state index in [0.29, 0.717) is 10.9 Å². The van der Waals surface area contributed by atoms with Crippen molar-refractivity contribution in [3.63, 3.8) is 0 Å². The van der Waals surface area contributed by atoms with E-state index in [9.17, 15) is 10.2 Å². The Morgan fingerprint density at radius 1 is 1.17 bits per heavy atom. The van der Waals surface area contributed by atoms with Gasteiger partial charge in [0.15, 0.2) is 0 Å². The van der Waals surface area contributed by atoms with E-state index in [1.165, 1.54) is 0 Å². The summed E-state index contributed by atoms with van der Waals surface area (Å²) >= 11 is 6.01. The molecule has 0 spiro atoms. The molecule has 2 nitrogen and oxygen atoms in total. The fourth-order valence-electron chi connectivity index (χ4n) is 2.43. The van der Waals surface area contributed by atoms with Crippen LogP contribution in [0.5, 0.6) is 0 Å². The summed E-state index contributed by atoms with van der Waals surface area (Å²) in [6, 6.07) is 7.45.